The highest BCUT2D eigenvalue weighted by Crippen LogP contribution is 2.24. The highest BCUT2D eigenvalue weighted by Gasteiger charge is 2.35. The zero-order valence-electron chi connectivity index (χ0n) is 18.8. The lowest BCUT2D eigenvalue weighted by Crippen LogP contribution is -2.58. The third-order valence-corrected chi connectivity index (χ3v) is 7.28. The first kappa shape index (κ1) is 25.1. The Labute approximate surface area is 161 Å². The van der Waals surface area contributed by atoms with E-state index in [-0.39, 0.29) is 0 Å². The zero-order valence-corrected chi connectivity index (χ0v) is 19.8. The van der Waals surface area contributed by atoms with Crippen molar-refractivity contribution >= 4 is 8.07 Å². The van der Waals surface area contributed by atoms with Crippen molar-refractivity contribution in [1.29, 1.82) is 0 Å². The lowest BCUT2D eigenvalue weighted by Gasteiger charge is -2.45. The van der Waals surface area contributed by atoms with Gasteiger partial charge in [-0.3, -0.25) is 0 Å². The van der Waals surface area contributed by atoms with E-state index in [1.54, 1.807) is 0 Å². The quantitative estimate of drug-likeness (QED) is 0.156. The Bertz CT molecular complexity index is 279. The van der Waals surface area contributed by atoms with Crippen LogP contribution in [0.1, 0.15) is 79.1 Å². The van der Waals surface area contributed by atoms with E-state index in [1.165, 1.54) is 81.5 Å². The van der Waals surface area contributed by atoms with Crippen LogP contribution in [0.2, 0.25) is 25.7 Å². The average molecular weight is 373 g/mol. The number of quaternary nitrogens is 1. The van der Waals surface area contributed by atoms with Crippen molar-refractivity contribution in [1.82, 2.24) is 0 Å². The summed E-state index contributed by atoms with van der Waals surface area (Å²) >= 11 is 0. The molecule has 0 aromatic carbocycles. The summed E-state index contributed by atoms with van der Waals surface area (Å²) in [6.45, 7) is 22.8. The number of hydrogen-bond acceptors (Lipinski definition) is 1. The van der Waals surface area contributed by atoms with Crippen molar-refractivity contribution in [3.8, 4) is 0 Å². The van der Waals surface area contributed by atoms with Gasteiger partial charge in [-0.1, -0.05) is 73.0 Å². The van der Waals surface area contributed by atoms with E-state index < -0.39 is 8.07 Å². The van der Waals surface area contributed by atoms with Crippen molar-refractivity contribution in [2.45, 2.75) is 111 Å². The van der Waals surface area contributed by atoms with E-state index in [0.717, 1.165) is 13.2 Å². The monoisotopic (exact) mass is 372 g/mol. The van der Waals surface area contributed by atoms with Gasteiger partial charge in [0.25, 0.3) is 0 Å². The molecule has 1 atom stereocenters. The van der Waals surface area contributed by atoms with Crippen LogP contribution in [-0.4, -0.2) is 51.4 Å². The van der Waals surface area contributed by atoms with E-state index in [4.69, 9.17) is 4.74 Å². The van der Waals surface area contributed by atoms with Gasteiger partial charge in [0.05, 0.1) is 26.2 Å². The highest BCUT2D eigenvalue weighted by molar-refractivity contribution is 6.76. The van der Waals surface area contributed by atoms with Crippen LogP contribution < -0.4 is 0 Å². The summed E-state index contributed by atoms with van der Waals surface area (Å²) in [7, 11) is -0.987. The highest BCUT2D eigenvalue weighted by atomic mass is 28.3. The standard InChI is InChI=1S/C22H50NOSi/c1-8-12-16-23(17-13-9-2,18-14-10-3)22(15-11-4)21-24-19-20-25(5,6)7/h22H,8-21H2,1-7H3/q+1. The normalized spacial score (nSPS) is 14.0. The number of rotatable bonds is 17. The molecule has 1 unspecified atom stereocenters. The summed E-state index contributed by atoms with van der Waals surface area (Å²) in [5.74, 6) is 0. The summed E-state index contributed by atoms with van der Waals surface area (Å²) in [5, 5.41) is 0. The molecule has 2 nitrogen and oxygen atoms in total. The van der Waals surface area contributed by atoms with E-state index in [1.807, 2.05) is 0 Å². The maximum atomic E-state index is 6.29. The topological polar surface area (TPSA) is 9.23 Å². The first-order chi connectivity index (χ1) is 11.8. The van der Waals surface area contributed by atoms with Gasteiger partial charge in [0.15, 0.2) is 0 Å². The number of unbranched alkanes of at least 4 members (excludes halogenated alkanes) is 3. The van der Waals surface area contributed by atoms with Crippen LogP contribution in [-0.2, 0) is 4.74 Å². The molecule has 0 spiro atoms. The lowest BCUT2D eigenvalue weighted by atomic mass is 10.0. The van der Waals surface area contributed by atoms with Crippen LogP contribution in [0, 0.1) is 0 Å². The zero-order chi connectivity index (χ0) is 19.2. The average Bonchev–Trinajstić information content (AvgIpc) is 2.56. The van der Waals surface area contributed by atoms with Gasteiger partial charge >= 0.3 is 0 Å². The fourth-order valence-corrected chi connectivity index (χ4v) is 4.51. The first-order valence-corrected chi connectivity index (χ1v) is 15.0. The molecule has 0 heterocycles. The van der Waals surface area contributed by atoms with Gasteiger partial charge in [0, 0.05) is 21.1 Å². The molecule has 0 rings (SSSR count). The van der Waals surface area contributed by atoms with Gasteiger partial charge in [-0.05, 0) is 25.3 Å². The van der Waals surface area contributed by atoms with Crippen molar-refractivity contribution in [3.05, 3.63) is 0 Å². The summed E-state index contributed by atoms with van der Waals surface area (Å²) in [4.78, 5) is 0. The van der Waals surface area contributed by atoms with Crippen LogP contribution in [0.25, 0.3) is 0 Å². The first-order valence-electron chi connectivity index (χ1n) is 11.3. The molecular weight excluding hydrogens is 322 g/mol. The molecular formula is C22H50NOSi+. The van der Waals surface area contributed by atoms with Gasteiger partial charge < -0.3 is 9.22 Å². The third-order valence-electron chi connectivity index (χ3n) is 5.57. The second kappa shape index (κ2) is 14.2. The molecule has 0 aromatic rings. The van der Waals surface area contributed by atoms with Crippen LogP contribution in [0.15, 0.2) is 0 Å². The minimum absolute atomic E-state index is 0.705. The van der Waals surface area contributed by atoms with Crippen LogP contribution >= 0.6 is 0 Å². The van der Waals surface area contributed by atoms with E-state index in [0.29, 0.717) is 6.04 Å². The Morgan fingerprint density at radius 2 is 1.24 bits per heavy atom. The Kier molecular flexibility index (Phi) is 14.3. The molecule has 0 saturated heterocycles. The SMILES string of the molecule is CCCC[N+](CCCC)(CCCC)C(CCC)COCC[Si](C)(C)C. The number of nitrogens with zero attached hydrogens (tertiary/aromatic N) is 1. The van der Waals surface area contributed by atoms with Gasteiger partial charge in [-0.15, -0.1) is 0 Å². The van der Waals surface area contributed by atoms with Crippen LogP contribution in [0.3, 0.4) is 0 Å². The predicted octanol–water partition coefficient (Wildman–Crippen LogP) is 6.73. The fourth-order valence-electron chi connectivity index (χ4n) is 3.75. The molecule has 0 bridgehead atoms. The van der Waals surface area contributed by atoms with Gasteiger partial charge in [-0.2, -0.15) is 0 Å². The molecule has 25 heavy (non-hydrogen) atoms. The number of ether oxygens (including phenoxy) is 1. The van der Waals surface area contributed by atoms with Crippen molar-refractivity contribution < 1.29 is 9.22 Å². The summed E-state index contributed by atoms with van der Waals surface area (Å²) < 4.78 is 7.62. The molecule has 0 aliphatic carbocycles. The summed E-state index contributed by atoms with van der Waals surface area (Å²) in [5.41, 5.74) is 0. The van der Waals surface area contributed by atoms with E-state index >= 15 is 0 Å². The van der Waals surface area contributed by atoms with Gasteiger partial charge in [0.2, 0.25) is 0 Å². The Balaban J connectivity index is 5.06. The van der Waals surface area contributed by atoms with Gasteiger partial charge in [0.1, 0.15) is 6.04 Å². The largest absolute Gasteiger partial charge is 0.376 e. The molecule has 0 amide bonds. The lowest BCUT2D eigenvalue weighted by molar-refractivity contribution is -0.952. The van der Waals surface area contributed by atoms with Crippen LogP contribution in [0.5, 0.6) is 0 Å². The second-order valence-electron chi connectivity index (χ2n) is 9.28. The van der Waals surface area contributed by atoms with Crippen molar-refractivity contribution in [3.63, 3.8) is 0 Å². The van der Waals surface area contributed by atoms with Crippen molar-refractivity contribution in [2.75, 3.05) is 32.8 Å². The maximum Gasteiger partial charge on any atom is 0.113 e. The smallest absolute Gasteiger partial charge is 0.113 e. The maximum absolute atomic E-state index is 6.29. The molecule has 0 aliphatic rings. The third kappa shape index (κ3) is 11.5. The predicted molar refractivity (Wildman–Crippen MR) is 117 cm³/mol. The Hall–Kier alpha value is 0.137. The molecule has 0 fully saturated rings. The fraction of sp³-hybridized carbons (Fsp3) is 1.00. The number of hydrogen-bond donors (Lipinski definition) is 0. The van der Waals surface area contributed by atoms with E-state index in [2.05, 4.69) is 47.3 Å². The molecule has 0 aliphatic heterocycles. The molecule has 3 heteroatoms. The molecule has 0 saturated carbocycles. The molecule has 152 valence electrons. The molecule has 0 aromatic heterocycles. The molecule has 0 radical (unpaired) electrons. The van der Waals surface area contributed by atoms with Crippen LogP contribution in [0.4, 0.5) is 0 Å². The Morgan fingerprint density at radius 1 is 0.760 bits per heavy atom. The Morgan fingerprint density at radius 3 is 1.60 bits per heavy atom. The minimum Gasteiger partial charge on any atom is -0.376 e. The van der Waals surface area contributed by atoms with Crippen molar-refractivity contribution in [2.24, 2.45) is 0 Å². The minimum atomic E-state index is -0.987. The summed E-state index contributed by atoms with van der Waals surface area (Å²) in [6, 6.07) is 2.00. The molecule has 0 N–H and O–H groups in total. The van der Waals surface area contributed by atoms with E-state index in [9.17, 15) is 0 Å². The van der Waals surface area contributed by atoms with Gasteiger partial charge in [-0.25, -0.2) is 0 Å². The second-order valence-corrected chi connectivity index (χ2v) is 14.9. The summed E-state index contributed by atoms with van der Waals surface area (Å²) in [6.07, 6.45) is 10.6.